The summed E-state index contributed by atoms with van der Waals surface area (Å²) in [5.41, 5.74) is 1.63. The summed E-state index contributed by atoms with van der Waals surface area (Å²) in [5.74, 6) is 0.910. The van der Waals surface area contributed by atoms with Crippen LogP contribution in [0.15, 0.2) is 72.8 Å². The van der Waals surface area contributed by atoms with Crippen molar-refractivity contribution < 1.29 is 28.6 Å². The molecule has 4 rings (SSSR count). The lowest BCUT2D eigenvalue weighted by Crippen LogP contribution is -2.39. The van der Waals surface area contributed by atoms with Gasteiger partial charge in [-0.25, -0.2) is 0 Å². The number of nitrogens with zero attached hydrogens (tertiary/aromatic N) is 1. The highest BCUT2D eigenvalue weighted by atomic mass is 16.5. The number of para-hydroxylation sites is 3. The van der Waals surface area contributed by atoms with E-state index >= 15 is 0 Å². The number of hydrogen-bond donors (Lipinski definition) is 1. The normalized spacial score (nSPS) is 12.4. The van der Waals surface area contributed by atoms with E-state index in [9.17, 15) is 14.4 Å². The number of methoxy groups -OCH3 is 1. The molecule has 0 spiro atoms. The van der Waals surface area contributed by atoms with Crippen LogP contribution in [0.2, 0.25) is 0 Å². The Kier molecular flexibility index (Phi) is 7.62. The molecule has 0 atom stereocenters. The Morgan fingerprint density at radius 2 is 1.74 bits per heavy atom. The van der Waals surface area contributed by atoms with Gasteiger partial charge in [0, 0.05) is 24.2 Å². The minimum absolute atomic E-state index is 0.0899. The van der Waals surface area contributed by atoms with Crippen LogP contribution in [-0.4, -0.2) is 44.5 Å². The van der Waals surface area contributed by atoms with Crippen molar-refractivity contribution >= 4 is 29.0 Å². The molecule has 1 aliphatic rings. The number of fused-ring (bicyclic) bond motifs is 1. The molecule has 180 valence electrons. The smallest absolute Gasteiger partial charge is 0.265 e. The number of amides is 2. The Balaban J connectivity index is 1.39. The molecule has 1 N–H and O–H groups in total. The Bertz CT molecular complexity index is 1210. The van der Waals surface area contributed by atoms with Crippen LogP contribution in [0.1, 0.15) is 23.2 Å². The number of ether oxygens (including phenoxy) is 3. The lowest BCUT2D eigenvalue weighted by atomic mass is 10.1. The number of carbonyl (C=O) groups excluding carboxylic acids is 3. The first-order chi connectivity index (χ1) is 17.0. The van der Waals surface area contributed by atoms with Gasteiger partial charge in [0.15, 0.2) is 30.5 Å². The lowest BCUT2D eigenvalue weighted by molar-refractivity contribution is -0.121. The predicted molar refractivity (Wildman–Crippen MR) is 131 cm³/mol. The first-order valence-electron chi connectivity index (χ1n) is 11.3. The van der Waals surface area contributed by atoms with Gasteiger partial charge in [-0.2, -0.15) is 0 Å². The molecular weight excluding hydrogens is 448 g/mol. The van der Waals surface area contributed by atoms with E-state index in [0.29, 0.717) is 41.5 Å². The fourth-order valence-electron chi connectivity index (χ4n) is 3.73. The maximum Gasteiger partial charge on any atom is 0.265 e. The summed E-state index contributed by atoms with van der Waals surface area (Å²) >= 11 is 0. The molecule has 0 unspecified atom stereocenters. The zero-order valence-electron chi connectivity index (χ0n) is 19.4. The summed E-state index contributed by atoms with van der Waals surface area (Å²) < 4.78 is 16.4. The second-order valence-corrected chi connectivity index (χ2v) is 7.90. The summed E-state index contributed by atoms with van der Waals surface area (Å²) in [7, 11) is 1.53. The fourth-order valence-corrected chi connectivity index (χ4v) is 3.73. The van der Waals surface area contributed by atoms with Crippen LogP contribution < -0.4 is 24.4 Å². The number of nitrogens with one attached hydrogen (secondary N) is 1. The Hall–Kier alpha value is -4.33. The second-order valence-electron chi connectivity index (χ2n) is 7.90. The number of carbonyl (C=O) groups is 3. The van der Waals surface area contributed by atoms with Gasteiger partial charge in [0.25, 0.3) is 5.91 Å². The van der Waals surface area contributed by atoms with Gasteiger partial charge in [0.1, 0.15) is 5.75 Å². The highest BCUT2D eigenvalue weighted by molar-refractivity contribution is 6.02. The van der Waals surface area contributed by atoms with Crippen LogP contribution in [0, 0.1) is 0 Å². The highest BCUT2D eigenvalue weighted by Crippen LogP contribution is 2.33. The van der Waals surface area contributed by atoms with Crippen LogP contribution in [0.3, 0.4) is 0 Å². The maximum absolute atomic E-state index is 12.8. The Morgan fingerprint density at radius 1 is 1.00 bits per heavy atom. The van der Waals surface area contributed by atoms with E-state index in [4.69, 9.17) is 14.2 Å². The zero-order chi connectivity index (χ0) is 24.6. The lowest BCUT2D eigenvalue weighted by Gasteiger charge is -2.29. The highest BCUT2D eigenvalue weighted by Gasteiger charge is 2.26. The van der Waals surface area contributed by atoms with Gasteiger partial charge in [0.05, 0.1) is 12.8 Å². The van der Waals surface area contributed by atoms with E-state index in [0.717, 1.165) is 5.69 Å². The van der Waals surface area contributed by atoms with E-state index < -0.39 is 0 Å². The minimum atomic E-state index is -0.251. The Morgan fingerprint density at radius 3 is 2.51 bits per heavy atom. The third kappa shape index (κ3) is 5.97. The van der Waals surface area contributed by atoms with Gasteiger partial charge in [-0.3, -0.25) is 14.4 Å². The number of Topliss-reactive ketones (excluding diaryl/α,β-unsaturated/α-hetero) is 1. The summed E-state index contributed by atoms with van der Waals surface area (Å²) in [5, 5.41) is 2.84. The largest absolute Gasteiger partial charge is 0.493 e. The molecule has 3 aromatic carbocycles. The molecule has 0 bridgehead atoms. The molecule has 0 saturated carbocycles. The van der Waals surface area contributed by atoms with Crippen LogP contribution in [-0.2, 0) is 9.59 Å². The summed E-state index contributed by atoms with van der Waals surface area (Å²) in [4.78, 5) is 39.2. The molecule has 0 radical (unpaired) electrons. The van der Waals surface area contributed by atoms with E-state index in [1.54, 1.807) is 41.3 Å². The van der Waals surface area contributed by atoms with Crippen molar-refractivity contribution in [3.05, 3.63) is 78.4 Å². The molecular formula is C27H26N2O6. The van der Waals surface area contributed by atoms with Gasteiger partial charge >= 0.3 is 0 Å². The van der Waals surface area contributed by atoms with Crippen molar-refractivity contribution in [2.45, 2.75) is 12.8 Å². The van der Waals surface area contributed by atoms with Crippen LogP contribution in [0.4, 0.5) is 11.4 Å². The summed E-state index contributed by atoms with van der Waals surface area (Å²) in [6, 6.07) is 21.2. The minimum Gasteiger partial charge on any atom is -0.493 e. The van der Waals surface area contributed by atoms with Crippen molar-refractivity contribution in [1.82, 2.24) is 0 Å². The number of rotatable bonds is 10. The topological polar surface area (TPSA) is 94.2 Å². The van der Waals surface area contributed by atoms with Crippen molar-refractivity contribution in [2.24, 2.45) is 0 Å². The summed E-state index contributed by atoms with van der Waals surface area (Å²) in [6.07, 6.45) is 0.708. The third-order valence-electron chi connectivity index (χ3n) is 5.49. The van der Waals surface area contributed by atoms with Gasteiger partial charge in [-0.15, -0.1) is 0 Å². The van der Waals surface area contributed by atoms with Crippen molar-refractivity contribution in [3.63, 3.8) is 0 Å². The number of anilines is 2. The van der Waals surface area contributed by atoms with Gasteiger partial charge in [-0.05, 0) is 48.9 Å². The molecule has 3 aromatic rings. The molecule has 0 saturated heterocycles. The van der Waals surface area contributed by atoms with Crippen LogP contribution in [0.5, 0.6) is 17.2 Å². The first kappa shape index (κ1) is 23.8. The van der Waals surface area contributed by atoms with E-state index in [2.05, 4.69) is 5.32 Å². The quantitative estimate of drug-likeness (QED) is 0.445. The second kappa shape index (κ2) is 11.2. The fraction of sp³-hybridized carbons (Fsp3) is 0.222. The van der Waals surface area contributed by atoms with Crippen molar-refractivity contribution in [1.29, 1.82) is 0 Å². The van der Waals surface area contributed by atoms with Gasteiger partial charge in [0.2, 0.25) is 5.91 Å². The average molecular weight is 475 g/mol. The monoisotopic (exact) mass is 474 g/mol. The van der Waals surface area contributed by atoms with E-state index in [1.165, 1.54) is 7.11 Å². The van der Waals surface area contributed by atoms with Gasteiger partial charge < -0.3 is 24.4 Å². The van der Waals surface area contributed by atoms with Crippen LogP contribution >= 0.6 is 0 Å². The molecule has 1 heterocycles. The molecule has 0 fully saturated rings. The molecule has 35 heavy (non-hydrogen) atoms. The van der Waals surface area contributed by atoms with Gasteiger partial charge in [-0.1, -0.05) is 30.3 Å². The maximum atomic E-state index is 12.8. The first-order valence-corrected chi connectivity index (χ1v) is 11.3. The van der Waals surface area contributed by atoms with E-state index in [-0.39, 0.29) is 37.2 Å². The van der Waals surface area contributed by atoms with Crippen molar-refractivity contribution in [3.8, 4) is 17.2 Å². The Labute approximate surface area is 203 Å². The SMILES string of the molecule is COc1ccccc1OCC(=O)c1ccc2c(c1)N(CCCC(=O)Nc1ccccc1)C(=O)CO2. The van der Waals surface area contributed by atoms with Crippen LogP contribution in [0.25, 0.3) is 0 Å². The molecule has 1 aliphatic heterocycles. The van der Waals surface area contributed by atoms with E-state index in [1.807, 2.05) is 36.4 Å². The number of benzene rings is 3. The predicted octanol–water partition coefficient (Wildman–Crippen LogP) is 4.10. The molecule has 8 heteroatoms. The third-order valence-corrected chi connectivity index (χ3v) is 5.49. The molecule has 2 amide bonds. The zero-order valence-corrected chi connectivity index (χ0v) is 19.4. The molecule has 8 nitrogen and oxygen atoms in total. The summed E-state index contributed by atoms with van der Waals surface area (Å²) in [6.45, 7) is 0.0494. The van der Waals surface area contributed by atoms with Crippen molar-refractivity contribution in [2.75, 3.05) is 37.1 Å². The number of ketones is 1. The standard InChI is InChI=1S/C27H26N2O6/c1-33-24-10-5-6-11-25(24)34-17-22(30)19-13-14-23-21(16-19)29(27(32)18-35-23)15-7-12-26(31)28-20-8-3-2-4-9-20/h2-6,8-11,13-14,16H,7,12,15,17-18H2,1H3,(H,28,31). The number of hydrogen-bond acceptors (Lipinski definition) is 6. The molecule has 0 aromatic heterocycles. The molecule has 0 aliphatic carbocycles. The average Bonchev–Trinajstić information content (AvgIpc) is 2.89.